The average Bonchev–Trinajstić information content (AvgIpc) is 2.47. The summed E-state index contributed by atoms with van der Waals surface area (Å²) in [5.41, 5.74) is 2.40. The van der Waals surface area contributed by atoms with Crippen LogP contribution in [0.5, 0.6) is 0 Å². The first kappa shape index (κ1) is 14.0. The van der Waals surface area contributed by atoms with Gasteiger partial charge < -0.3 is 10.4 Å². The predicted molar refractivity (Wildman–Crippen MR) is 76.8 cm³/mol. The second kappa shape index (κ2) is 6.12. The summed E-state index contributed by atoms with van der Waals surface area (Å²) in [6.07, 6.45) is 0. The molecular formula is C16H15NO3. The molecule has 0 saturated carbocycles. The van der Waals surface area contributed by atoms with Gasteiger partial charge in [-0.1, -0.05) is 24.3 Å². The number of amides is 1. The van der Waals surface area contributed by atoms with Crippen LogP contribution < -0.4 is 5.32 Å². The molecule has 2 aromatic rings. The lowest BCUT2D eigenvalue weighted by Gasteiger charge is -2.07. The van der Waals surface area contributed by atoms with Crippen molar-refractivity contribution in [2.75, 3.05) is 5.32 Å². The quantitative estimate of drug-likeness (QED) is 0.838. The number of carbonyl (C=O) groups excluding carboxylic acids is 2. The van der Waals surface area contributed by atoms with Gasteiger partial charge in [0.1, 0.15) is 0 Å². The van der Waals surface area contributed by atoms with Crippen LogP contribution in [0.3, 0.4) is 0 Å². The largest absolute Gasteiger partial charge is 0.392 e. The predicted octanol–water partition coefficient (Wildman–Crippen LogP) is 2.63. The van der Waals surface area contributed by atoms with Crippen molar-refractivity contribution < 1.29 is 14.7 Å². The maximum atomic E-state index is 12.0. The SMILES string of the molecule is CC(=O)c1ccc(C(=O)Nc2cccc(CO)c2)cc1. The molecule has 2 aromatic carbocycles. The van der Waals surface area contributed by atoms with Crippen molar-refractivity contribution >= 4 is 17.4 Å². The number of carbonyl (C=O) groups is 2. The van der Waals surface area contributed by atoms with E-state index in [1.165, 1.54) is 6.92 Å². The highest BCUT2D eigenvalue weighted by Gasteiger charge is 2.07. The number of benzene rings is 2. The molecule has 1 amide bonds. The molecule has 0 saturated heterocycles. The lowest BCUT2D eigenvalue weighted by molar-refractivity contribution is 0.101. The third-order valence-electron chi connectivity index (χ3n) is 2.92. The molecule has 0 aliphatic carbocycles. The minimum absolute atomic E-state index is 0.0346. The molecular weight excluding hydrogens is 254 g/mol. The van der Waals surface area contributed by atoms with E-state index in [2.05, 4.69) is 5.32 Å². The second-order valence-electron chi connectivity index (χ2n) is 4.45. The van der Waals surface area contributed by atoms with Crippen LogP contribution in [0.1, 0.15) is 33.2 Å². The highest BCUT2D eigenvalue weighted by atomic mass is 16.3. The van der Waals surface area contributed by atoms with Crippen LogP contribution in [0.15, 0.2) is 48.5 Å². The van der Waals surface area contributed by atoms with E-state index in [-0.39, 0.29) is 18.3 Å². The van der Waals surface area contributed by atoms with Gasteiger partial charge in [-0.15, -0.1) is 0 Å². The zero-order valence-corrected chi connectivity index (χ0v) is 11.1. The van der Waals surface area contributed by atoms with Gasteiger partial charge in [-0.25, -0.2) is 0 Å². The van der Waals surface area contributed by atoms with E-state index in [0.717, 1.165) is 5.56 Å². The third-order valence-corrected chi connectivity index (χ3v) is 2.92. The lowest BCUT2D eigenvalue weighted by Crippen LogP contribution is -2.12. The number of nitrogens with one attached hydrogen (secondary N) is 1. The fourth-order valence-corrected chi connectivity index (χ4v) is 1.81. The third kappa shape index (κ3) is 3.30. The van der Waals surface area contributed by atoms with Crippen LogP contribution in [0.25, 0.3) is 0 Å². The summed E-state index contributed by atoms with van der Waals surface area (Å²) in [5.74, 6) is -0.289. The topological polar surface area (TPSA) is 66.4 Å². The van der Waals surface area contributed by atoms with Gasteiger partial charge in [-0.2, -0.15) is 0 Å². The number of hydrogen-bond acceptors (Lipinski definition) is 3. The summed E-state index contributed by atoms with van der Waals surface area (Å²) in [5, 5.41) is 11.8. The second-order valence-corrected chi connectivity index (χ2v) is 4.45. The van der Waals surface area contributed by atoms with Crippen molar-refractivity contribution in [3.63, 3.8) is 0 Å². The number of rotatable bonds is 4. The Bertz CT molecular complexity index is 632. The Balaban J connectivity index is 2.13. The average molecular weight is 269 g/mol. The van der Waals surface area contributed by atoms with E-state index in [1.807, 2.05) is 0 Å². The van der Waals surface area contributed by atoms with E-state index in [1.54, 1.807) is 48.5 Å². The first-order chi connectivity index (χ1) is 9.60. The fraction of sp³-hybridized carbons (Fsp3) is 0.125. The van der Waals surface area contributed by atoms with Gasteiger partial charge in [-0.05, 0) is 36.8 Å². The molecule has 4 heteroatoms. The molecule has 0 unspecified atom stereocenters. The van der Waals surface area contributed by atoms with Gasteiger partial charge >= 0.3 is 0 Å². The Morgan fingerprint density at radius 2 is 1.70 bits per heavy atom. The molecule has 0 spiro atoms. The first-order valence-electron chi connectivity index (χ1n) is 6.22. The van der Waals surface area contributed by atoms with Crippen LogP contribution >= 0.6 is 0 Å². The first-order valence-corrected chi connectivity index (χ1v) is 6.22. The monoisotopic (exact) mass is 269 g/mol. The van der Waals surface area contributed by atoms with Crippen molar-refractivity contribution in [1.82, 2.24) is 0 Å². The Morgan fingerprint density at radius 3 is 2.30 bits per heavy atom. The lowest BCUT2D eigenvalue weighted by atomic mass is 10.1. The molecule has 0 bridgehead atoms. The molecule has 0 aliphatic heterocycles. The van der Waals surface area contributed by atoms with Crippen molar-refractivity contribution in [1.29, 1.82) is 0 Å². The van der Waals surface area contributed by atoms with Gasteiger partial charge in [0.05, 0.1) is 6.61 Å². The molecule has 0 aliphatic rings. The summed E-state index contributed by atoms with van der Waals surface area (Å²) in [6.45, 7) is 1.41. The molecule has 4 nitrogen and oxygen atoms in total. The molecule has 0 atom stereocenters. The maximum absolute atomic E-state index is 12.0. The summed E-state index contributed by atoms with van der Waals surface area (Å²) >= 11 is 0. The summed E-state index contributed by atoms with van der Waals surface area (Å²) in [4.78, 5) is 23.2. The zero-order chi connectivity index (χ0) is 14.5. The Morgan fingerprint density at radius 1 is 1.05 bits per heavy atom. The van der Waals surface area contributed by atoms with Crippen LogP contribution in [-0.4, -0.2) is 16.8 Å². The smallest absolute Gasteiger partial charge is 0.255 e. The van der Waals surface area contributed by atoms with Crippen LogP contribution in [0.2, 0.25) is 0 Å². The Labute approximate surface area is 117 Å². The maximum Gasteiger partial charge on any atom is 0.255 e. The fourth-order valence-electron chi connectivity index (χ4n) is 1.81. The van der Waals surface area contributed by atoms with Crippen LogP contribution in [-0.2, 0) is 6.61 Å². The van der Waals surface area contributed by atoms with E-state index < -0.39 is 0 Å². The van der Waals surface area contributed by atoms with Crippen LogP contribution in [0.4, 0.5) is 5.69 Å². The van der Waals surface area contributed by atoms with Crippen LogP contribution in [0, 0.1) is 0 Å². The zero-order valence-electron chi connectivity index (χ0n) is 11.1. The van der Waals surface area contributed by atoms with Crippen molar-refractivity contribution in [2.45, 2.75) is 13.5 Å². The summed E-state index contributed by atoms with van der Waals surface area (Å²) < 4.78 is 0. The van der Waals surface area contributed by atoms with Crippen molar-refractivity contribution in [3.8, 4) is 0 Å². The minimum atomic E-state index is -0.254. The number of aliphatic hydroxyl groups excluding tert-OH is 1. The number of Topliss-reactive ketones (excluding diaryl/α,β-unsaturated/α-hetero) is 1. The summed E-state index contributed by atoms with van der Waals surface area (Å²) in [7, 11) is 0. The van der Waals surface area contributed by atoms with Crippen molar-refractivity contribution in [3.05, 3.63) is 65.2 Å². The van der Waals surface area contributed by atoms with E-state index >= 15 is 0 Å². The molecule has 20 heavy (non-hydrogen) atoms. The molecule has 2 rings (SSSR count). The van der Waals surface area contributed by atoms with Gasteiger partial charge in [0, 0.05) is 16.8 Å². The van der Waals surface area contributed by atoms with Gasteiger partial charge in [0.25, 0.3) is 5.91 Å². The minimum Gasteiger partial charge on any atom is -0.392 e. The number of ketones is 1. The summed E-state index contributed by atoms with van der Waals surface area (Å²) in [6, 6.07) is 13.5. The number of hydrogen-bond donors (Lipinski definition) is 2. The van der Waals surface area contributed by atoms with E-state index in [4.69, 9.17) is 5.11 Å². The Hall–Kier alpha value is -2.46. The van der Waals surface area contributed by atoms with Gasteiger partial charge in [-0.3, -0.25) is 9.59 Å². The van der Waals surface area contributed by atoms with E-state index in [0.29, 0.717) is 16.8 Å². The Kier molecular flexibility index (Phi) is 4.27. The highest BCUT2D eigenvalue weighted by molar-refractivity contribution is 6.05. The molecule has 2 N–H and O–H groups in total. The molecule has 0 aromatic heterocycles. The number of aliphatic hydroxyl groups is 1. The molecule has 0 fully saturated rings. The van der Waals surface area contributed by atoms with Crippen molar-refractivity contribution in [2.24, 2.45) is 0 Å². The van der Waals surface area contributed by atoms with Gasteiger partial charge in [0.2, 0.25) is 0 Å². The highest BCUT2D eigenvalue weighted by Crippen LogP contribution is 2.13. The molecule has 102 valence electrons. The molecule has 0 radical (unpaired) electrons. The number of anilines is 1. The standard InChI is InChI=1S/C16H15NO3/c1-11(19)13-5-7-14(8-6-13)16(20)17-15-4-2-3-12(9-15)10-18/h2-9,18H,10H2,1H3,(H,17,20). The van der Waals surface area contributed by atoms with E-state index in [9.17, 15) is 9.59 Å². The van der Waals surface area contributed by atoms with Gasteiger partial charge in [0.15, 0.2) is 5.78 Å². The normalized spacial score (nSPS) is 10.1. The molecule has 0 heterocycles.